The molecule has 6 heteroatoms. The Morgan fingerprint density at radius 1 is 1.28 bits per heavy atom. The molecular weight excluding hydrogens is 260 g/mol. The topological polar surface area (TPSA) is 50.9 Å². The van der Waals surface area contributed by atoms with Crippen molar-refractivity contribution in [2.24, 2.45) is 5.84 Å². The van der Waals surface area contributed by atoms with Gasteiger partial charge in [-0.05, 0) is 23.8 Å². The maximum atomic E-state index is 13.8. The van der Waals surface area contributed by atoms with Crippen LogP contribution in [0.4, 0.5) is 8.78 Å². The van der Waals surface area contributed by atoms with Crippen molar-refractivity contribution < 1.29 is 8.78 Å². The van der Waals surface area contributed by atoms with E-state index in [-0.39, 0.29) is 10.6 Å². The lowest BCUT2D eigenvalue weighted by atomic mass is 10.0. The summed E-state index contributed by atoms with van der Waals surface area (Å²) in [5.41, 5.74) is 3.13. The van der Waals surface area contributed by atoms with Crippen molar-refractivity contribution in [3.05, 3.63) is 64.4 Å². The molecule has 0 aliphatic carbocycles. The van der Waals surface area contributed by atoms with Crippen LogP contribution in [0.2, 0.25) is 5.02 Å². The first-order valence-corrected chi connectivity index (χ1v) is 5.51. The third kappa shape index (κ3) is 2.48. The molecular formula is C12H10ClF2N3. The summed E-state index contributed by atoms with van der Waals surface area (Å²) in [6, 6.07) is 4.65. The second-order valence-corrected chi connectivity index (χ2v) is 4.08. The van der Waals surface area contributed by atoms with E-state index in [9.17, 15) is 8.78 Å². The molecule has 3 N–H and O–H groups in total. The number of pyridine rings is 1. The molecule has 1 aromatic carbocycles. The fourth-order valence-corrected chi connectivity index (χ4v) is 1.82. The van der Waals surface area contributed by atoms with Gasteiger partial charge in [0.2, 0.25) is 0 Å². The highest BCUT2D eigenvalue weighted by atomic mass is 35.5. The Morgan fingerprint density at radius 3 is 2.67 bits per heavy atom. The standard InChI is InChI=1S/C12H10ClF2N3/c13-9-5-10(14)8(4-11(9)15)12(18-16)7-2-1-3-17-6-7/h1-6,12,18H,16H2. The van der Waals surface area contributed by atoms with Gasteiger partial charge in [-0.15, -0.1) is 0 Å². The molecule has 1 heterocycles. The number of rotatable bonds is 3. The van der Waals surface area contributed by atoms with Crippen molar-refractivity contribution in [1.82, 2.24) is 10.4 Å². The molecule has 18 heavy (non-hydrogen) atoms. The summed E-state index contributed by atoms with van der Waals surface area (Å²) < 4.78 is 27.2. The van der Waals surface area contributed by atoms with Crippen LogP contribution in [0.25, 0.3) is 0 Å². The Morgan fingerprint density at radius 2 is 2.06 bits per heavy atom. The Kier molecular flexibility index (Phi) is 3.86. The van der Waals surface area contributed by atoms with E-state index in [1.54, 1.807) is 18.3 Å². The summed E-state index contributed by atoms with van der Waals surface area (Å²) in [4.78, 5) is 3.91. The zero-order valence-corrected chi connectivity index (χ0v) is 9.96. The highest BCUT2D eigenvalue weighted by Crippen LogP contribution is 2.27. The van der Waals surface area contributed by atoms with Gasteiger partial charge in [-0.1, -0.05) is 17.7 Å². The van der Waals surface area contributed by atoms with Crippen LogP contribution in [0.5, 0.6) is 0 Å². The van der Waals surface area contributed by atoms with Crippen molar-refractivity contribution in [3.63, 3.8) is 0 Å². The lowest BCUT2D eigenvalue weighted by Gasteiger charge is -2.17. The van der Waals surface area contributed by atoms with Crippen LogP contribution in [0.15, 0.2) is 36.7 Å². The molecule has 94 valence electrons. The van der Waals surface area contributed by atoms with Gasteiger partial charge in [-0.25, -0.2) is 14.2 Å². The average Bonchev–Trinajstić information content (AvgIpc) is 2.38. The normalized spacial score (nSPS) is 12.4. The molecule has 0 aliphatic rings. The first-order valence-electron chi connectivity index (χ1n) is 5.14. The number of hydrazine groups is 1. The van der Waals surface area contributed by atoms with E-state index in [0.717, 1.165) is 12.1 Å². The minimum atomic E-state index is -0.697. The van der Waals surface area contributed by atoms with E-state index < -0.39 is 17.7 Å². The zero-order chi connectivity index (χ0) is 13.1. The van der Waals surface area contributed by atoms with Crippen LogP contribution in [-0.2, 0) is 0 Å². The van der Waals surface area contributed by atoms with E-state index in [2.05, 4.69) is 10.4 Å². The molecule has 1 unspecified atom stereocenters. The third-order valence-electron chi connectivity index (χ3n) is 2.54. The summed E-state index contributed by atoms with van der Waals surface area (Å²) >= 11 is 5.50. The quantitative estimate of drug-likeness (QED) is 0.511. The smallest absolute Gasteiger partial charge is 0.142 e. The molecule has 1 aromatic heterocycles. The second-order valence-electron chi connectivity index (χ2n) is 3.67. The number of aromatic nitrogens is 1. The van der Waals surface area contributed by atoms with Gasteiger partial charge in [-0.3, -0.25) is 10.8 Å². The van der Waals surface area contributed by atoms with Crippen molar-refractivity contribution >= 4 is 11.6 Å². The van der Waals surface area contributed by atoms with Crippen molar-refractivity contribution in [1.29, 1.82) is 0 Å². The van der Waals surface area contributed by atoms with E-state index in [1.807, 2.05) is 0 Å². The number of benzene rings is 1. The Hall–Kier alpha value is -1.56. The van der Waals surface area contributed by atoms with Gasteiger partial charge < -0.3 is 0 Å². The Balaban J connectivity index is 2.49. The van der Waals surface area contributed by atoms with E-state index in [4.69, 9.17) is 17.4 Å². The molecule has 2 aromatic rings. The first-order chi connectivity index (χ1) is 8.63. The summed E-state index contributed by atoms with van der Waals surface area (Å²) in [6.07, 6.45) is 3.10. The number of nitrogens with two attached hydrogens (primary N) is 1. The molecule has 0 saturated carbocycles. The van der Waals surface area contributed by atoms with Crippen LogP contribution in [0.1, 0.15) is 17.2 Å². The summed E-state index contributed by atoms with van der Waals surface area (Å²) in [6.45, 7) is 0. The number of hydrogen-bond acceptors (Lipinski definition) is 3. The molecule has 0 amide bonds. The van der Waals surface area contributed by atoms with E-state index in [0.29, 0.717) is 5.56 Å². The monoisotopic (exact) mass is 269 g/mol. The molecule has 2 rings (SSSR count). The largest absolute Gasteiger partial charge is 0.271 e. The maximum absolute atomic E-state index is 13.8. The average molecular weight is 270 g/mol. The van der Waals surface area contributed by atoms with Crippen LogP contribution in [-0.4, -0.2) is 4.98 Å². The number of halogens is 3. The van der Waals surface area contributed by atoms with Gasteiger partial charge in [0.1, 0.15) is 11.6 Å². The van der Waals surface area contributed by atoms with Gasteiger partial charge >= 0.3 is 0 Å². The van der Waals surface area contributed by atoms with Crippen LogP contribution >= 0.6 is 11.6 Å². The molecule has 0 radical (unpaired) electrons. The maximum Gasteiger partial charge on any atom is 0.142 e. The lowest BCUT2D eigenvalue weighted by molar-refractivity contribution is 0.545. The Labute approximate surface area is 108 Å². The Bertz CT molecular complexity index is 549. The SMILES string of the molecule is NNC(c1cccnc1)c1cc(F)c(Cl)cc1F. The van der Waals surface area contributed by atoms with E-state index in [1.165, 1.54) is 6.20 Å². The van der Waals surface area contributed by atoms with Gasteiger partial charge in [0, 0.05) is 18.0 Å². The predicted octanol–water partition coefficient (Wildman–Crippen LogP) is 2.57. The second kappa shape index (κ2) is 5.39. The minimum absolute atomic E-state index is 0.0763. The van der Waals surface area contributed by atoms with E-state index >= 15 is 0 Å². The molecule has 0 spiro atoms. The zero-order valence-electron chi connectivity index (χ0n) is 9.20. The number of nitrogens with one attached hydrogen (secondary N) is 1. The third-order valence-corrected chi connectivity index (χ3v) is 2.82. The molecule has 1 atom stereocenters. The van der Waals surface area contributed by atoms with Crippen LogP contribution in [0.3, 0.4) is 0 Å². The molecule has 3 nitrogen and oxygen atoms in total. The van der Waals surface area contributed by atoms with Gasteiger partial charge in [0.15, 0.2) is 0 Å². The minimum Gasteiger partial charge on any atom is -0.271 e. The number of nitrogens with zero attached hydrogens (tertiary/aromatic N) is 1. The first kappa shape index (κ1) is 12.9. The number of hydrogen-bond donors (Lipinski definition) is 2. The van der Waals surface area contributed by atoms with Gasteiger partial charge in [0.05, 0.1) is 11.1 Å². The fraction of sp³-hybridized carbons (Fsp3) is 0.0833. The van der Waals surface area contributed by atoms with Gasteiger partial charge in [-0.2, -0.15) is 0 Å². The van der Waals surface area contributed by atoms with Crippen molar-refractivity contribution in [2.75, 3.05) is 0 Å². The molecule has 0 aliphatic heterocycles. The molecule has 0 bridgehead atoms. The predicted molar refractivity (Wildman–Crippen MR) is 64.8 cm³/mol. The highest BCUT2D eigenvalue weighted by molar-refractivity contribution is 6.30. The van der Waals surface area contributed by atoms with Crippen molar-refractivity contribution in [3.8, 4) is 0 Å². The summed E-state index contributed by atoms with van der Waals surface area (Å²) in [5, 5.41) is -0.266. The molecule has 0 saturated heterocycles. The lowest BCUT2D eigenvalue weighted by Crippen LogP contribution is -2.29. The highest BCUT2D eigenvalue weighted by Gasteiger charge is 2.19. The summed E-state index contributed by atoms with van der Waals surface area (Å²) in [7, 11) is 0. The van der Waals surface area contributed by atoms with Crippen molar-refractivity contribution in [2.45, 2.75) is 6.04 Å². The fourth-order valence-electron chi connectivity index (χ4n) is 1.67. The summed E-state index contributed by atoms with van der Waals surface area (Å²) in [5.74, 6) is 4.07. The van der Waals surface area contributed by atoms with Gasteiger partial charge in [0.25, 0.3) is 0 Å². The molecule has 0 fully saturated rings. The van der Waals surface area contributed by atoms with Crippen LogP contribution < -0.4 is 11.3 Å². The van der Waals surface area contributed by atoms with Crippen LogP contribution in [0, 0.1) is 11.6 Å².